The van der Waals surface area contributed by atoms with Gasteiger partial charge in [0.1, 0.15) is 12.4 Å². The number of sulfonamides is 1. The minimum Gasteiger partial charge on any atom is -0.491 e. The second kappa shape index (κ2) is 7.58. The monoisotopic (exact) mass is 324 g/mol. The van der Waals surface area contributed by atoms with E-state index >= 15 is 0 Å². The Labute approximate surface area is 131 Å². The van der Waals surface area contributed by atoms with Gasteiger partial charge in [-0.3, -0.25) is 0 Å². The van der Waals surface area contributed by atoms with Gasteiger partial charge in [-0.2, -0.15) is 9.57 Å². The van der Waals surface area contributed by atoms with Gasteiger partial charge in [-0.15, -0.1) is 0 Å². The Kier molecular flexibility index (Phi) is 5.77. The summed E-state index contributed by atoms with van der Waals surface area (Å²) in [5, 5.41) is 8.69. The minimum absolute atomic E-state index is 0.0379. The first-order valence-electron chi connectivity index (χ1n) is 7.20. The normalized spacial score (nSPS) is 14.8. The summed E-state index contributed by atoms with van der Waals surface area (Å²) in [6.07, 6.45) is 1.93. The summed E-state index contributed by atoms with van der Waals surface area (Å²) in [7, 11) is -1.96. The lowest BCUT2D eigenvalue weighted by Gasteiger charge is -2.20. The van der Waals surface area contributed by atoms with Crippen LogP contribution in [0.4, 0.5) is 0 Å². The van der Waals surface area contributed by atoms with Crippen molar-refractivity contribution in [1.29, 1.82) is 5.26 Å². The fraction of sp³-hybridized carbons (Fsp3) is 0.533. The fourth-order valence-electron chi connectivity index (χ4n) is 2.11. The molecule has 0 spiro atoms. The maximum atomic E-state index is 12.6. The number of hydrogen-bond donors (Lipinski definition) is 0. The lowest BCUT2D eigenvalue weighted by molar-refractivity contribution is 0.146. The molecule has 22 heavy (non-hydrogen) atoms. The van der Waals surface area contributed by atoms with Gasteiger partial charge in [0, 0.05) is 26.1 Å². The van der Waals surface area contributed by atoms with Crippen LogP contribution >= 0.6 is 0 Å². The van der Waals surface area contributed by atoms with Crippen molar-refractivity contribution < 1.29 is 17.9 Å². The Morgan fingerprint density at radius 2 is 1.95 bits per heavy atom. The van der Waals surface area contributed by atoms with E-state index in [0.29, 0.717) is 19.0 Å². The average molecular weight is 324 g/mol. The van der Waals surface area contributed by atoms with Crippen molar-refractivity contribution in [2.24, 2.45) is 0 Å². The van der Waals surface area contributed by atoms with E-state index in [2.05, 4.69) is 0 Å². The van der Waals surface area contributed by atoms with Crippen molar-refractivity contribution in [3.8, 4) is 11.8 Å². The van der Waals surface area contributed by atoms with Gasteiger partial charge in [0.15, 0.2) is 0 Å². The molecule has 1 aliphatic carbocycles. The molecule has 0 heterocycles. The van der Waals surface area contributed by atoms with E-state index in [1.807, 2.05) is 6.07 Å². The Hall–Kier alpha value is -1.62. The molecule has 0 bridgehead atoms. The van der Waals surface area contributed by atoms with Crippen LogP contribution in [0, 0.1) is 11.3 Å². The van der Waals surface area contributed by atoms with Crippen molar-refractivity contribution >= 4 is 10.0 Å². The highest BCUT2D eigenvalue weighted by Crippen LogP contribution is 2.32. The zero-order valence-electron chi connectivity index (χ0n) is 12.6. The molecular weight excluding hydrogens is 304 g/mol. The number of rotatable bonds is 9. The van der Waals surface area contributed by atoms with Crippen LogP contribution < -0.4 is 4.74 Å². The van der Waals surface area contributed by atoms with E-state index < -0.39 is 10.0 Å². The fourth-order valence-corrected chi connectivity index (χ4v) is 3.79. The zero-order chi connectivity index (χ0) is 16.0. The molecule has 2 rings (SSSR count). The van der Waals surface area contributed by atoms with Gasteiger partial charge in [-0.1, -0.05) is 0 Å². The van der Waals surface area contributed by atoms with Gasteiger partial charge in [-0.05, 0) is 37.1 Å². The molecule has 7 heteroatoms. The molecule has 0 radical (unpaired) electrons. The maximum absolute atomic E-state index is 12.6. The molecule has 0 N–H and O–H groups in total. The Balaban J connectivity index is 2.09. The molecule has 0 unspecified atom stereocenters. The van der Waals surface area contributed by atoms with Crippen molar-refractivity contribution in [1.82, 2.24) is 4.31 Å². The second-order valence-electron chi connectivity index (χ2n) is 5.07. The van der Waals surface area contributed by atoms with Crippen molar-refractivity contribution in [2.45, 2.75) is 30.2 Å². The highest BCUT2D eigenvalue weighted by atomic mass is 32.2. The van der Waals surface area contributed by atoms with Crippen molar-refractivity contribution in [3.63, 3.8) is 0 Å². The first kappa shape index (κ1) is 16.7. The van der Waals surface area contributed by atoms with Gasteiger partial charge in [0.25, 0.3) is 0 Å². The molecular formula is C15H20N2O4S. The van der Waals surface area contributed by atoms with Gasteiger partial charge in [-0.25, -0.2) is 8.42 Å². The van der Waals surface area contributed by atoms with E-state index in [1.54, 1.807) is 31.4 Å². The highest BCUT2D eigenvalue weighted by Gasteiger charge is 2.37. The minimum atomic E-state index is -3.55. The zero-order valence-corrected chi connectivity index (χ0v) is 13.4. The molecule has 1 aromatic carbocycles. The lowest BCUT2D eigenvalue weighted by atomic mass is 10.3. The summed E-state index contributed by atoms with van der Waals surface area (Å²) >= 11 is 0. The van der Waals surface area contributed by atoms with E-state index in [-0.39, 0.29) is 23.9 Å². The summed E-state index contributed by atoms with van der Waals surface area (Å²) in [6.45, 7) is 1.14. The van der Waals surface area contributed by atoms with E-state index in [0.717, 1.165) is 12.8 Å². The molecule has 1 aromatic rings. The molecule has 1 aliphatic rings. The van der Waals surface area contributed by atoms with Gasteiger partial charge in [0.2, 0.25) is 10.0 Å². The first-order chi connectivity index (χ1) is 10.6. The summed E-state index contributed by atoms with van der Waals surface area (Å²) in [6, 6.07) is 8.40. The predicted molar refractivity (Wildman–Crippen MR) is 81.0 cm³/mol. The van der Waals surface area contributed by atoms with Crippen LogP contribution in [0.25, 0.3) is 0 Å². The molecule has 0 atom stereocenters. The number of nitriles is 1. The van der Waals surface area contributed by atoms with Crippen LogP contribution in [0.2, 0.25) is 0 Å². The Morgan fingerprint density at radius 1 is 1.27 bits per heavy atom. The lowest BCUT2D eigenvalue weighted by Crippen LogP contribution is -2.33. The third-order valence-corrected chi connectivity index (χ3v) is 5.35. The van der Waals surface area contributed by atoms with Crippen molar-refractivity contribution in [3.05, 3.63) is 24.3 Å². The molecule has 0 saturated heterocycles. The van der Waals surface area contributed by atoms with Crippen molar-refractivity contribution in [2.75, 3.05) is 26.9 Å². The van der Waals surface area contributed by atoms with Gasteiger partial charge >= 0.3 is 0 Å². The third kappa shape index (κ3) is 4.19. The van der Waals surface area contributed by atoms with Crippen LogP contribution in [-0.2, 0) is 14.8 Å². The first-order valence-corrected chi connectivity index (χ1v) is 8.64. The van der Waals surface area contributed by atoms with Crippen LogP contribution in [-0.4, -0.2) is 45.6 Å². The molecule has 0 aromatic heterocycles. The predicted octanol–water partition coefficient (Wildman–Crippen LogP) is 1.78. The number of nitrogens with zero attached hydrogens (tertiary/aromatic N) is 2. The van der Waals surface area contributed by atoms with Gasteiger partial charge in [0.05, 0.1) is 17.6 Å². The second-order valence-corrected chi connectivity index (χ2v) is 6.96. The van der Waals surface area contributed by atoms with Gasteiger partial charge < -0.3 is 9.47 Å². The summed E-state index contributed by atoms with van der Waals surface area (Å²) in [4.78, 5) is 0.233. The molecule has 1 saturated carbocycles. The summed E-state index contributed by atoms with van der Waals surface area (Å²) < 4.78 is 37.0. The number of ether oxygens (including phenoxy) is 2. The molecule has 120 valence electrons. The molecule has 0 amide bonds. The molecule has 6 nitrogen and oxygen atoms in total. The summed E-state index contributed by atoms with van der Waals surface area (Å²) in [5.41, 5.74) is 0. The van der Waals surface area contributed by atoms with Crippen LogP contribution in [0.1, 0.15) is 19.3 Å². The average Bonchev–Trinajstić information content (AvgIpc) is 3.33. The Morgan fingerprint density at radius 3 is 2.50 bits per heavy atom. The van der Waals surface area contributed by atoms with E-state index in [1.165, 1.54) is 4.31 Å². The standard InChI is InChI=1S/C15H20N2O4S/c1-20-11-12-21-14-5-7-15(8-6-14)22(18,19)17(10-2-9-16)13-3-4-13/h5-8,13H,2-4,10-12H2,1H3. The Bertz CT molecular complexity index is 618. The van der Waals surface area contributed by atoms with Crippen LogP contribution in [0.15, 0.2) is 29.2 Å². The van der Waals surface area contributed by atoms with E-state index in [9.17, 15) is 8.42 Å². The van der Waals surface area contributed by atoms with Crippen LogP contribution in [0.5, 0.6) is 5.75 Å². The number of hydrogen-bond acceptors (Lipinski definition) is 5. The smallest absolute Gasteiger partial charge is 0.243 e. The topological polar surface area (TPSA) is 79.6 Å². The number of benzene rings is 1. The quantitative estimate of drug-likeness (QED) is 0.647. The molecule has 0 aliphatic heterocycles. The SMILES string of the molecule is COCCOc1ccc(S(=O)(=O)N(CCC#N)C2CC2)cc1. The highest BCUT2D eigenvalue weighted by molar-refractivity contribution is 7.89. The number of methoxy groups -OCH3 is 1. The molecule has 1 fully saturated rings. The van der Waals surface area contributed by atoms with E-state index in [4.69, 9.17) is 14.7 Å². The maximum Gasteiger partial charge on any atom is 0.243 e. The third-order valence-electron chi connectivity index (χ3n) is 3.38. The summed E-state index contributed by atoms with van der Waals surface area (Å²) in [5.74, 6) is 0.603. The van der Waals surface area contributed by atoms with Crippen LogP contribution in [0.3, 0.4) is 0 Å². The largest absolute Gasteiger partial charge is 0.491 e.